The molecule has 2 saturated heterocycles. The number of hydrogen-bond donors (Lipinski definition) is 3. The summed E-state index contributed by atoms with van der Waals surface area (Å²) in [6.45, 7) is 3.59. The second-order valence-corrected chi connectivity index (χ2v) is 9.18. The number of ether oxygens (including phenoxy) is 3. The number of hydrogen-bond acceptors (Lipinski definition) is 7. The van der Waals surface area contributed by atoms with E-state index in [1.165, 1.54) is 6.92 Å². The van der Waals surface area contributed by atoms with Crippen LogP contribution >= 0.6 is 11.6 Å². The van der Waals surface area contributed by atoms with Gasteiger partial charge >= 0.3 is 5.97 Å². The molecule has 3 N–H and O–H groups in total. The molecule has 2 bridgehead atoms. The molecule has 0 unspecified atom stereocenters. The summed E-state index contributed by atoms with van der Waals surface area (Å²) in [5.41, 5.74) is -0.0281. The summed E-state index contributed by atoms with van der Waals surface area (Å²) in [5, 5.41) is 32.9. The third-order valence-corrected chi connectivity index (χ3v) is 7.02. The van der Waals surface area contributed by atoms with Crippen LogP contribution in [0.5, 0.6) is 5.75 Å². The predicted molar refractivity (Wildman–Crippen MR) is 121 cm³/mol. The van der Waals surface area contributed by atoms with E-state index in [2.05, 4.69) is 0 Å². The fourth-order valence-electron chi connectivity index (χ4n) is 4.89. The number of carbonyl (C=O) groups is 1. The lowest BCUT2D eigenvalue weighted by molar-refractivity contribution is -0.290. The smallest absolute Gasteiger partial charge is 0.302 e. The van der Waals surface area contributed by atoms with Gasteiger partial charge in [0.05, 0.1) is 6.61 Å². The van der Waals surface area contributed by atoms with Crippen LogP contribution in [0, 0.1) is 0 Å². The maximum absolute atomic E-state index is 11.4. The summed E-state index contributed by atoms with van der Waals surface area (Å²) >= 11 is 6.49. The van der Waals surface area contributed by atoms with Gasteiger partial charge in [-0.15, -0.1) is 0 Å². The van der Waals surface area contributed by atoms with Crippen molar-refractivity contribution in [2.45, 2.75) is 62.6 Å². The maximum Gasteiger partial charge on any atom is 0.302 e. The Bertz CT molecular complexity index is 1010. The number of carbonyl (C=O) groups excluding carboxylic acids is 1. The summed E-state index contributed by atoms with van der Waals surface area (Å²) in [6.07, 6.45) is -3.00. The minimum Gasteiger partial charge on any atom is -0.494 e. The Morgan fingerprint density at radius 3 is 2.52 bits per heavy atom. The summed E-state index contributed by atoms with van der Waals surface area (Å²) in [5.74, 6) is 0.281. The van der Waals surface area contributed by atoms with Gasteiger partial charge in [0.25, 0.3) is 0 Å². The number of benzene rings is 2. The number of fused-ring (bicyclic) bond motifs is 2. The van der Waals surface area contributed by atoms with Gasteiger partial charge in [-0.25, -0.2) is 0 Å². The summed E-state index contributed by atoms with van der Waals surface area (Å²) in [6, 6.07) is 13.1. The lowest BCUT2D eigenvalue weighted by Gasteiger charge is -2.48. The van der Waals surface area contributed by atoms with E-state index in [-0.39, 0.29) is 6.61 Å². The van der Waals surface area contributed by atoms with Gasteiger partial charge in [0, 0.05) is 11.9 Å². The number of rotatable bonds is 7. The Morgan fingerprint density at radius 1 is 1.12 bits per heavy atom. The highest BCUT2D eigenvalue weighted by atomic mass is 35.5. The molecule has 7 nitrogen and oxygen atoms in total. The van der Waals surface area contributed by atoms with Crippen molar-refractivity contribution < 1.29 is 34.3 Å². The average Bonchev–Trinajstić information content (AvgIpc) is 3.18. The molecular weight excluding hydrogens is 448 g/mol. The SMILES string of the molecule is CCOc1ccc(Cc2cc([C@]34CC[C@](COC(C)=O)(O3)[C@@H](O)[C@H](O)[C@H]4O)ccc2Cl)cc1. The Morgan fingerprint density at radius 2 is 1.85 bits per heavy atom. The van der Waals surface area contributed by atoms with E-state index >= 15 is 0 Å². The van der Waals surface area contributed by atoms with Gasteiger partial charge in [-0.3, -0.25) is 4.79 Å². The molecule has 2 aromatic rings. The van der Waals surface area contributed by atoms with Crippen molar-refractivity contribution in [3.8, 4) is 5.75 Å². The molecule has 0 saturated carbocycles. The molecule has 0 aromatic heterocycles. The monoisotopic (exact) mass is 476 g/mol. The topological polar surface area (TPSA) is 105 Å². The molecule has 178 valence electrons. The first-order valence-electron chi connectivity index (χ1n) is 11.1. The molecule has 0 amide bonds. The quantitative estimate of drug-likeness (QED) is 0.527. The largest absolute Gasteiger partial charge is 0.494 e. The molecule has 0 aliphatic carbocycles. The number of esters is 1. The second-order valence-electron chi connectivity index (χ2n) is 8.78. The van der Waals surface area contributed by atoms with Crippen molar-refractivity contribution in [3.05, 3.63) is 64.2 Å². The lowest BCUT2D eigenvalue weighted by atomic mass is 9.80. The fraction of sp³-hybridized carbons (Fsp3) is 0.480. The molecule has 33 heavy (non-hydrogen) atoms. The maximum atomic E-state index is 11.4. The van der Waals surface area contributed by atoms with Gasteiger partial charge in [-0.2, -0.15) is 0 Å². The van der Waals surface area contributed by atoms with Crippen molar-refractivity contribution in [1.82, 2.24) is 0 Å². The van der Waals surface area contributed by atoms with Crippen LogP contribution in [-0.2, 0) is 26.3 Å². The minimum atomic E-state index is -1.46. The van der Waals surface area contributed by atoms with E-state index < -0.39 is 35.5 Å². The predicted octanol–water partition coefficient (Wildman–Crippen LogP) is 2.73. The molecule has 2 fully saturated rings. The average molecular weight is 477 g/mol. The molecule has 8 heteroatoms. The first kappa shape index (κ1) is 24.0. The Labute approximate surface area is 197 Å². The van der Waals surface area contributed by atoms with E-state index in [0.29, 0.717) is 36.5 Å². The molecule has 2 aliphatic heterocycles. The Kier molecular flexibility index (Phi) is 6.71. The number of aliphatic hydroxyl groups is 3. The summed E-state index contributed by atoms with van der Waals surface area (Å²) in [7, 11) is 0. The minimum absolute atomic E-state index is 0.207. The van der Waals surface area contributed by atoms with Gasteiger partial charge in [0.1, 0.15) is 41.9 Å². The third-order valence-electron chi connectivity index (χ3n) is 6.65. The molecule has 0 spiro atoms. The van der Waals surface area contributed by atoms with Crippen LogP contribution in [0.2, 0.25) is 5.02 Å². The third kappa shape index (κ3) is 4.36. The highest BCUT2D eigenvalue weighted by Crippen LogP contribution is 2.54. The van der Waals surface area contributed by atoms with E-state index in [0.717, 1.165) is 16.9 Å². The molecule has 0 radical (unpaired) electrons. The normalized spacial score (nSPS) is 30.8. The van der Waals surface area contributed by atoms with Gasteiger partial charge in [0.15, 0.2) is 0 Å². The van der Waals surface area contributed by atoms with Crippen LogP contribution in [-0.4, -0.2) is 58.4 Å². The number of halogens is 1. The van der Waals surface area contributed by atoms with Crippen molar-refractivity contribution in [2.24, 2.45) is 0 Å². The lowest BCUT2D eigenvalue weighted by Crippen LogP contribution is -2.65. The number of aliphatic hydroxyl groups excluding tert-OH is 3. The van der Waals surface area contributed by atoms with E-state index in [1.54, 1.807) is 12.1 Å². The molecule has 2 aromatic carbocycles. The molecular formula is C25H29ClO7. The van der Waals surface area contributed by atoms with Crippen molar-refractivity contribution in [2.75, 3.05) is 13.2 Å². The van der Waals surface area contributed by atoms with E-state index in [9.17, 15) is 20.1 Å². The molecule has 2 heterocycles. The van der Waals surface area contributed by atoms with Crippen LogP contribution in [0.25, 0.3) is 0 Å². The van der Waals surface area contributed by atoms with Gasteiger partial charge in [0.2, 0.25) is 0 Å². The highest BCUT2D eigenvalue weighted by molar-refractivity contribution is 6.31. The molecule has 4 rings (SSSR count). The van der Waals surface area contributed by atoms with Gasteiger partial charge in [-0.05, 0) is 61.1 Å². The molecule has 5 atom stereocenters. The first-order valence-corrected chi connectivity index (χ1v) is 11.5. The van der Waals surface area contributed by atoms with Gasteiger partial charge in [-0.1, -0.05) is 35.9 Å². The zero-order valence-electron chi connectivity index (χ0n) is 18.7. The first-order chi connectivity index (χ1) is 15.7. The van der Waals surface area contributed by atoms with Crippen LogP contribution < -0.4 is 4.74 Å². The fourth-order valence-corrected chi connectivity index (χ4v) is 5.07. The van der Waals surface area contributed by atoms with E-state index in [1.807, 2.05) is 37.3 Å². The van der Waals surface area contributed by atoms with Gasteiger partial charge < -0.3 is 29.5 Å². The summed E-state index contributed by atoms with van der Waals surface area (Å²) < 4.78 is 16.9. The van der Waals surface area contributed by atoms with Crippen LogP contribution in [0.4, 0.5) is 0 Å². The zero-order chi connectivity index (χ0) is 23.8. The summed E-state index contributed by atoms with van der Waals surface area (Å²) in [4.78, 5) is 11.4. The standard InChI is InChI=1S/C25H29ClO7/c1-3-31-19-7-4-16(5-8-19)12-17-13-18(6-9-20(17)26)25-11-10-24(33-25,14-32-15(2)27)22(29)21(28)23(25)30/h4-9,13,21-23,28-30H,3,10-12,14H2,1-2H3/t21-,22-,23+,24+,25-/m0/s1. The molecule has 2 aliphatic rings. The van der Waals surface area contributed by atoms with E-state index in [4.69, 9.17) is 25.8 Å². The van der Waals surface area contributed by atoms with Crippen LogP contribution in [0.15, 0.2) is 42.5 Å². The van der Waals surface area contributed by atoms with Crippen LogP contribution in [0.3, 0.4) is 0 Å². The highest BCUT2D eigenvalue weighted by Gasteiger charge is 2.66. The van der Waals surface area contributed by atoms with Crippen LogP contribution in [0.1, 0.15) is 43.4 Å². The Balaban J connectivity index is 1.64. The van der Waals surface area contributed by atoms with Crippen molar-refractivity contribution in [3.63, 3.8) is 0 Å². The second kappa shape index (κ2) is 9.24. The Hall–Kier alpha value is -2.16. The zero-order valence-corrected chi connectivity index (χ0v) is 19.4. The van der Waals surface area contributed by atoms with Crippen molar-refractivity contribution >= 4 is 17.6 Å². The van der Waals surface area contributed by atoms with Crippen molar-refractivity contribution in [1.29, 1.82) is 0 Å².